The molecular weight excluding hydrogens is 350 g/mol. The number of nitrogens with one attached hydrogen (secondary N) is 3. The van der Waals surface area contributed by atoms with E-state index in [1.165, 1.54) is 0 Å². The molecule has 0 saturated carbocycles. The quantitative estimate of drug-likeness (QED) is 0.150. The van der Waals surface area contributed by atoms with E-state index in [0.717, 1.165) is 0 Å². The van der Waals surface area contributed by atoms with Gasteiger partial charge in [0.1, 0.15) is 19.1 Å². The van der Waals surface area contributed by atoms with Gasteiger partial charge in [0.15, 0.2) is 0 Å². The number of carboxylic acid groups (broad SMARTS) is 1. The molecule has 0 aliphatic rings. The van der Waals surface area contributed by atoms with Crippen molar-refractivity contribution in [1.29, 1.82) is 0 Å². The second-order valence-corrected chi connectivity index (χ2v) is 5.42. The standard InChI is InChI=1S/C14H27N5O7/c1-17-9(13(16)23)4-5-18-11(22)6-12(26-7-20)19-10(21)3-2-8(15)14(24)25/h8-9,12,17,20H,2-7,15H2,1H3,(H2,16,23)(H,18,22)(H,19,21)(H,24,25). The third-order valence-corrected chi connectivity index (χ3v) is 3.42. The Kier molecular flexibility index (Phi) is 11.9. The van der Waals surface area contributed by atoms with Crippen molar-refractivity contribution in [3.05, 3.63) is 0 Å². The van der Waals surface area contributed by atoms with Crippen molar-refractivity contribution >= 4 is 23.7 Å². The molecule has 3 amide bonds. The van der Waals surface area contributed by atoms with E-state index < -0.39 is 48.8 Å². The zero-order valence-corrected chi connectivity index (χ0v) is 14.6. The molecular formula is C14H27N5O7. The lowest BCUT2D eigenvalue weighted by Gasteiger charge is -2.18. The first-order valence-electron chi connectivity index (χ1n) is 7.94. The summed E-state index contributed by atoms with van der Waals surface area (Å²) >= 11 is 0. The summed E-state index contributed by atoms with van der Waals surface area (Å²) in [5, 5.41) is 25.1. The maximum atomic E-state index is 11.8. The summed E-state index contributed by atoms with van der Waals surface area (Å²) in [5.74, 6) is -2.83. The molecule has 0 aromatic heterocycles. The highest BCUT2D eigenvalue weighted by molar-refractivity contribution is 5.81. The molecule has 12 nitrogen and oxygen atoms in total. The summed E-state index contributed by atoms with van der Waals surface area (Å²) < 4.78 is 4.85. The number of aliphatic hydroxyl groups excluding tert-OH is 1. The number of likely N-dealkylation sites (N-methyl/N-ethyl adjacent to an activating group) is 1. The van der Waals surface area contributed by atoms with Gasteiger partial charge in [0.05, 0.1) is 12.5 Å². The Labute approximate surface area is 150 Å². The molecule has 12 heteroatoms. The van der Waals surface area contributed by atoms with Crippen LogP contribution in [0.15, 0.2) is 0 Å². The predicted molar refractivity (Wildman–Crippen MR) is 89.2 cm³/mol. The van der Waals surface area contributed by atoms with Crippen molar-refractivity contribution in [2.75, 3.05) is 20.4 Å². The normalized spacial score (nSPS) is 14.1. The van der Waals surface area contributed by atoms with Gasteiger partial charge in [0, 0.05) is 13.0 Å². The molecule has 9 N–H and O–H groups in total. The van der Waals surface area contributed by atoms with Gasteiger partial charge in [-0.2, -0.15) is 0 Å². The number of rotatable bonds is 14. The molecule has 0 saturated heterocycles. The van der Waals surface area contributed by atoms with E-state index in [1.807, 2.05) is 0 Å². The molecule has 0 fully saturated rings. The summed E-state index contributed by atoms with van der Waals surface area (Å²) in [4.78, 5) is 45.2. The minimum Gasteiger partial charge on any atom is -0.480 e. The van der Waals surface area contributed by atoms with Gasteiger partial charge in [0.2, 0.25) is 17.7 Å². The fourth-order valence-corrected chi connectivity index (χ4v) is 1.93. The summed E-state index contributed by atoms with van der Waals surface area (Å²) in [7, 11) is 1.56. The number of primary amides is 1. The molecule has 0 spiro atoms. The first-order valence-corrected chi connectivity index (χ1v) is 7.94. The lowest BCUT2D eigenvalue weighted by atomic mass is 10.1. The van der Waals surface area contributed by atoms with Crippen LogP contribution in [0.4, 0.5) is 0 Å². The summed E-state index contributed by atoms with van der Waals surface area (Å²) in [5.41, 5.74) is 10.4. The molecule has 3 atom stereocenters. The third kappa shape index (κ3) is 10.6. The second kappa shape index (κ2) is 13.0. The van der Waals surface area contributed by atoms with E-state index >= 15 is 0 Å². The first-order chi connectivity index (χ1) is 12.2. The highest BCUT2D eigenvalue weighted by Gasteiger charge is 2.19. The number of nitrogens with two attached hydrogens (primary N) is 2. The van der Waals surface area contributed by atoms with E-state index in [0.29, 0.717) is 0 Å². The van der Waals surface area contributed by atoms with Gasteiger partial charge in [-0.25, -0.2) is 0 Å². The van der Waals surface area contributed by atoms with Crippen LogP contribution < -0.4 is 27.4 Å². The Morgan fingerprint density at radius 2 is 1.81 bits per heavy atom. The third-order valence-electron chi connectivity index (χ3n) is 3.42. The predicted octanol–water partition coefficient (Wildman–Crippen LogP) is -3.44. The van der Waals surface area contributed by atoms with Crippen molar-refractivity contribution in [3.63, 3.8) is 0 Å². The van der Waals surface area contributed by atoms with Gasteiger partial charge >= 0.3 is 5.97 Å². The average molecular weight is 377 g/mol. The molecule has 0 heterocycles. The van der Waals surface area contributed by atoms with E-state index in [4.69, 9.17) is 26.4 Å². The van der Waals surface area contributed by atoms with Crippen LogP contribution >= 0.6 is 0 Å². The number of hydrogen-bond donors (Lipinski definition) is 7. The fraction of sp³-hybridized carbons (Fsp3) is 0.714. The largest absolute Gasteiger partial charge is 0.480 e. The molecule has 0 rings (SSSR count). The number of aliphatic hydroxyl groups is 1. The summed E-state index contributed by atoms with van der Waals surface area (Å²) in [6, 6.07) is -1.76. The molecule has 0 aliphatic carbocycles. The molecule has 150 valence electrons. The van der Waals surface area contributed by atoms with Gasteiger partial charge in [0.25, 0.3) is 0 Å². The van der Waals surface area contributed by atoms with E-state index in [1.54, 1.807) is 7.05 Å². The second-order valence-electron chi connectivity index (χ2n) is 5.42. The topological polar surface area (TPSA) is 206 Å². The lowest BCUT2D eigenvalue weighted by Crippen LogP contribution is -2.44. The van der Waals surface area contributed by atoms with Gasteiger partial charge in [-0.15, -0.1) is 0 Å². The number of carbonyl (C=O) groups is 4. The molecule has 26 heavy (non-hydrogen) atoms. The monoisotopic (exact) mass is 377 g/mol. The molecule has 0 radical (unpaired) electrons. The van der Waals surface area contributed by atoms with Gasteiger partial charge in [-0.3, -0.25) is 19.2 Å². The van der Waals surface area contributed by atoms with Crippen molar-refractivity contribution in [2.24, 2.45) is 11.5 Å². The number of hydrogen-bond acceptors (Lipinski definition) is 8. The maximum absolute atomic E-state index is 11.8. The smallest absolute Gasteiger partial charge is 0.320 e. The van der Waals surface area contributed by atoms with Crippen molar-refractivity contribution < 1.29 is 34.1 Å². The minimum atomic E-state index is -1.23. The van der Waals surface area contributed by atoms with Gasteiger partial charge in [-0.1, -0.05) is 0 Å². The van der Waals surface area contributed by atoms with Crippen molar-refractivity contribution in [1.82, 2.24) is 16.0 Å². The number of ether oxygens (including phenoxy) is 1. The fourth-order valence-electron chi connectivity index (χ4n) is 1.93. The molecule has 0 aromatic rings. The number of carbonyl (C=O) groups excluding carboxylic acids is 3. The van der Waals surface area contributed by atoms with Crippen LogP contribution in [-0.2, 0) is 23.9 Å². The van der Waals surface area contributed by atoms with Gasteiger partial charge < -0.3 is 42.4 Å². The van der Waals surface area contributed by atoms with Crippen LogP contribution in [0.1, 0.15) is 25.7 Å². The molecule has 0 aliphatic heterocycles. The number of carboxylic acids is 1. The summed E-state index contributed by atoms with van der Waals surface area (Å²) in [6.07, 6.45) is -1.36. The Bertz CT molecular complexity index is 488. The highest BCUT2D eigenvalue weighted by atomic mass is 16.6. The highest BCUT2D eigenvalue weighted by Crippen LogP contribution is 2.00. The maximum Gasteiger partial charge on any atom is 0.320 e. The Hall–Kier alpha value is -2.28. The lowest BCUT2D eigenvalue weighted by molar-refractivity contribution is -0.138. The van der Waals surface area contributed by atoms with Crippen LogP contribution in [0.3, 0.4) is 0 Å². The molecule has 3 unspecified atom stereocenters. The summed E-state index contributed by atoms with van der Waals surface area (Å²) in [6.45, 7) is -0.559. The zero-order valence-electron chi connectivity index (χ0n) is 14.6. The van der Waals surface area contributed by atoms with Crippen molar-refractivity contribution in [2.45, 2.75) is 44.0 Å². The van der Waals surface area contributed by atoms with E-state index in [9.17, 15) is 19.2 Å². The zero-order chi connectivity index (χ0) is 20.1. The van der Waals surface area contributed by atoms with Crippen molar-refractivity contribution in [3.8, 4) is 0 Å². The Balaban J connectivity index is 4.31. The van der Waals surface area contributed by atoms with Crippen LogP contribution in [-0.4, -0.2) is 72.6 Å². The van der Waals surface area contributed by atoms with Crippen LogP contribution in [0.2, 0.25) is 0 Å². The SMILES string of the molecule is CNC(CCNC(=O)CC(NC(=O)CCC(N)C(=O)O)OCO)C(N)=O. The molecule has 0 aromatic carbocycles. The van der Waals surface area contributed by atoms with Crippen LogP contribution in [0.5, 0.6) is 0 Å². The first kappa shape index (κ1) is 23.7. The average Bonchev–Trinajstić information content (AvgIpc) is 2.56. The van der Waals surface area contributed by atoms with E-state index in [2.05, 4.69) is 16.0 Å². The number of aliphatic carboxylic acids is 1. The van der Waals surface area contributed by atoms with Crippen LogP contribution in [0, 0.1) is 0 Å². The Morgan fingerprint density at radius 3 is 2.31 bits per heavy atom. The number of amides is 3. The van der Waals surface area contributed by atoms with Gasteiger partial charge in [-0.05, 0) is 19.9 Å². The minimum absolute atomic E-state index is 0.0856. The molecule has 0 bridgehead atoms. The van der Waals surface area contributed by atoms with E-state index in [-0.39, 0.29) is 32.2 Å². The van der Waals surface area contributed by atoms with Crippen LogP contribution in [0.25, 0.3) is 0 Å². The Morgan fingerprint density at radius 1 is 1.15 bits per heavy atom.